The van der Waals surface area contributed by atoms with Crippen LogP contribution in [-0.4, -0.2) is 33.7 Å². The van der Waals surface area contributed by atoms with Crippen LogP contribution >= 0.6 is 0 Å². The van der Waals surface area contributed by atoms with E-state index in [9.17, 15) is 4.79 Å². The van der Waals surface area contributed by atoms with Gasteiger partial charge >= 0.3 is 0 Å². The molecule has 3 rings (SSSR count). The molecule has 1 amide bonds. The minimum absolute atomic E-state index is 0.0569. The number of benzene rings is 1. The maximum Gasteiger partial charge on any atom is 0.257 e. The van der Waals surface area contributed by atoms with Gasteiger partial charge in [-0.2, -0.15) is 5.10 Å². The zero-order valence-electron chi connectivity index (χ0n) is 11.5. The fourth-order valence-electron chi connectivity index (χ4n) is 2.48. The minimum atomic E-state index is 0.0569. The van der Waals surface area contributed by atoms with Gasteiger partial charge in [0.1, 0.15) is 0 Å². The van der Waals surface area contributed by atoms with Crippen molar-refractivity contribution in [3.05, 3.63) is 59.9 Å². The lowest BCUT2D eigenvalue weighted by atomic mass is 9.99. The molecule has 0 aliphatic carbocycles. The lowest BCUT2D eigenvalue weighted by Gasteiger charge is -2.26. The number of amides is 1. The average molecular weight is 267 g/mol. The monoisotopic (exact) mass is 267 g/mol. The molecule has 0 saturated carbocycles. The summed E-state index contributed by atoms with van der Waals surface area (Å²) in [6, 6.07) is 10.3. The predicted molar refractivity (Wildman–Crippen MR) is 78.1 cm³/mol. The molecule has 0 radical (unpaired) electrons. The normalized spacial score (nSPS) is 15.1. The van der Waals surface area contributed by atoms with Crippen LogP contribution < -0.4 is 0 Å². The molecule has 0 saturated heterocycles. The van der Waals surface area contributed by atoms with Gasteiger partial charge in [-0.25, -0.2) is 0 Å². The van der Waals surface area contributed by atoms with E-state index < -0.39 is 0 Å². The SMILES string of the molecule is Cn1cc(C(=O)N2CC=C(c3ccccc3)CC2)cn1. The van der Waals surface area contributed by atoms with Gasteiger partial charge in [-0.1, -0.05) is 36.4 Å². The molecule has 4 nitrogen and oxygen atoms in total. The van der Waals surface area contributed by atoms with Crippen molar-refractivity contribution in [1.29, 1.82) is 0 Å². The zero-order chi connectivity index (χ0) is 13.9. The first-order chi connectivity index (χ1) is 9.74. The third-order valence-corrected chi connectivity index (χ3v) is 3.59. The number of aromatic nitrogens is 2. The minimum Gasteiger partial charge on any atom is -0.334 e. The molecule has 1 aliphatic heterocycles. The fourth-order valence-corrected chi connectivity index (χ4v) is 2.48. The zero-order valence-corrected chi connectivity index (χ0v) is 11.5. The first-order valence-electron chi connectivity index (χ1n) is 6.76. The van der Waals surface area contributed by atoms with Gasteiger partial charge in [0.15, 0.2) is 0 Å². The third kappa shape index (κ3) is 2.50. The van der Waals surface area contributed by atoms with Crippen molar-refractivity contribution in [3.8, 4) is 0 Å². The van der Waals surface area contributed by atoms with E-state index in [1.54, 1.807) is 17.1 Å². The summed E-state index contributed by atoms with van der Waals surface area (Å²) < 4.78 is 1.66. The van der Waals surface area contributed by atoms with Gasteiger partial charge in [-0.3, -0.25) is 9.48 Å². The second-order valence-corrected chi connectivity index (χ2v) is 5.00. The molecule has 1 aromatic heterocycles. The Labute approximate surface area is 118 Å². The Morgan fingerprint density at radius 3 is 2.65 bits per heavy atom. The van der Waals surface area contributed by atoms with E-state index in [1.165, 1.54) is 11.1 Å². The van der Waals surface area contributed by atoms with Crippen LogP contribution in [-0.2, 0) is 7.05 Å². The smallest absolute Gasteiger partial charge is 0.257 e. The van der Waals surface area contributed by atoms with Crippen molar-refractivity contribution >= 4 is 11.5 Å². The number of carbonyl (C=O) groups excluding carboxylic acids is 1. The van der Waals surface area contributed by atoms with Crippen molar-refractivity contribution in [2.75, 3.05) is 13.1 Å². The van der Waals surface area contributed by atoms with Gasteiger partial charge in [0.25, 0.3) is 5.91 Å². The van der Waals surface area contributed by atoms with Crippen molar-refractivity contribution in [2.45, 2.75) is 6.42 Å². The number of aryl methyl sites for hydroxylation is 1. The first-order valence-corrected chi connectivity index (χ1v) is 6.76. The van der Waals surface area contributed by atoms with Crippen molar-refractivity contribution in [1.82, 2.24) is 14.7 Å². The van der Waals surface area contributed by atoms with Crippen LogP contribution in [0.2, 0.25) is 0 Å². The molecular weight excluding hydrogens is 250 g/mol. The van der Waals surface area contributed by atoms with Gasteiger partial charge in [0, 0.05) is 26.3 Å². The predicted octanol–water partition coefficient (Wildman–Crippen LogP) is 2.35. The highest BCUT2D eigenvalue weighted by molar-refractivity contribution is 5.94. The molecule has 102 valence electrons. The van der Waals surface area contributed by atoms with E-state index in [1.807, 2.05) is 30.1 Å². The topological polar surface area (TPSA) is 38.1 Å². The second kappa shape index (κ2) is 5.33. The second-order valence-electron chi connectivity index (χ2n) is 5.00. The van der Waals surface area contributed by atoms with Crippen LogP contribution in [0.15, 0.2) is 48.8 Å². The molecule has 0 bridgehead atoms. The van der Waals surface area contributed by atoms with Gasteiger partial charge in [0.05, 0.1) is 11.8 Å². The summed E-state index contributed by atoms with van der Waals surface area (Å²) in [5.74, 6) is 0.0569. The summed E-state index contributed by atoms with van der Waals surface area (Å²) in [5.41, 5.74) is 3.23. The van der Waals surface area contributed by atoms with E-state index in [2.05, 4.69) is 23.3 Å². The largest absolute Gasteiger partial charge is 0.334 e. The molecule has 0 N–H and O–H groups in total. The van der Waals surface area contributed by atoms with Crippen molar-refractivity contribution in [2.24, 2.45) is 7.05 Å². The molecule has 2 heterocycles. The Morgan fingerprint density at radius 2 is 2.05 bits per heavy atom. The average Bonchev–Trinajstić information content (AvgIpc) is 2.94. The first kappa shape index (κ1) is 12.7. The van der Waals surface area contributed by atoms with E-state index >= 15 is 0 Å². The molecular formula is C16H17N3O. The van der Waals surface area contributed by atoms with Crippen molar-refractivity contribution < 1.29 is 4.79 Å². The lowest BCUT2D eigenvalue weighted by Crippen LogP contribution is -2.34. The van der Waals surface area contributed by atoms with Crippen LogP contribution in [0.5, 0.6) is 0 Å². The van der Waals surface area contributed by atoms with E-state index in [0.717, 1.165) is 13.0 Å². The van der Waals surface area contributed by atoms with Gasteiger partial charge in [-0.15, -0.1) is 0 Å². The standard InChI is InChI=1S/C16H17N3O/c1-18-12-15(11-17-18)16(20)19-9-7-14(8-10-19)13-5-3-2-4-6-13/h2-7,11-12H,8-10H2,1H3. The number of hydrogen-bond acceptors (Lipinski definition) is 2. The van der Waals surface area contributed by atoms with E-state index in [-0.39, 0.29) is 5.91 Å². The molecule has 0 spiro atoms. The number of nitrogens with zero attached hydrogens (tertiary/aromatic N) is 3. The summed E-state index contributed by atoms with van der Waals surface area (Å²) in [6.07, 6.45) is 6.43. The van der Waals surface area contributed by atoms with E-state index in [0.29, 0.717) is 12.1 Å². The van der Waals surface area contributed by atoms with Crippen LogP contribution in [0.25, 0.3) is 5.57 Å². The molecule has 2 aromatic rings. The molecule has 1 aromatic carbocycles. The molecule has 4 heteroatoms. The summed E-state index contributed by atoms with van der Waals surface area (Å²) in [4.78, 5) is 14.2. The Balaban J connectivity index is 1.72. The number of carbonyl (C=O) groups is 1. The van der Waals surface area contributed by atoms with Gasteiger partial charge < -0.3 is 4.90 Å². The summed E-state index contributed by atoms with van der Waals surface area (Å²) in [5, 5.41) is 4.05. The summed E-state index contributed by atoms with van der Waals surface area (Å²) in [7, 11) is 1.82. The Kier molecular flexibility index (Phi) is 3.37. The highest BCUT2D eigenvalue weighted by Crippen LogP contribution is 2.22. The Hall–Kier alpha value is -2.36. The van der Waals surface area contributed by atoms with E-state index in [4.69, 9.17) is 0 Å². The highest BCUT2D eigenvalue weighted by atomic mass is 16.2. The number of rotatable bonds is 2. The highest BCUT2D eigenvalue weighted by Gasteiger charge is 2.20. The van der Waals surface area contributed by atoms with Gasteiger partial charge in [-0.05, 0) is 17.6 Å². The number of hydrogen-bond donors (Lipinski definition) is 0. The van der Waals surface area contributed by atoms with Crippen molar-refractivity contribution in [3.63, 3.8) is 0 Å². The molecule has 0 unspecified atom stereocenters. The molecule has 0 atom stereocenters. The van der Waals surface area contributed by atoms with Gasteiger partial charge in [0.2, 0.25) is 0 Å². The lowest BCUT2D eigenvalue weighted by molar-refractivity contribution is 0.0773. The Bertz CT molecular complexity index is 643. The van der Waals surface area contributed by atoms with Crippen LogP contribution in [0.1, 0.15) is 22.3 Å². The molecule has 20 heavy (non-hydrogen) atoms. The summed E-state index contributed by atoms with van der Waals surface area (Å²) >= 11 is 0. The van der Waals surface area contributed by atoms with Crippen LogP contribution in [0.3, 0.4) is 0 Å². The quantitative estimate of drug-likeness (QED) is 0.837. The van der Waals surface area contributed by atoms with Crippen LogP contribution in [0.4, 0.5) is 0 Å². The maximum absolute atomic E-state index is 12.3. The molecule has 0 fully saturated rings. The summed E-state index contributed by atoms with van der Waals surface area (Å²) in [6.45, 7) is 1.42. The fraction of sp³-hybridized carbons (Fsp3) is 0.250. The molecule has 1 aliphatic rings. The maximum atomic E-state index is 12.3. The Morgan fingerprint density at radius 1 is 1.25 bits per heavy atom. The van der Waals surface area contributed by atoms with Crippen LogP contribution in [0, 0.1) is 0 Å². The third-order valence-electron chi connectivity index (χ3n) is 3.59.